The van der Waals surface area contributed by atoms with Gasteiger partial charge in [-0.25, -0.2) is 0 Å². The predicted molar refractivity (Wildman–Crippen MR) is 433 cm³/mol. The third-order valence-electron chi connectivity index (χ3n) is 22.0. The fraction of sp³-hybridized carbons (Fsp3) is 0. The molecule has 0 bridgehead atoms. The van der Waals surface area contributed by atoms with Crippen molar-refractivity contribution < 1.29 is 8.83 Å². The van der Waals surface area contributed by atoms with Gasteiger partial charge in [0.25, 0.3) is 0 Å². The van der Waals surface area contributed by atoms with E-state index in [1.54, 1.807) is 0 Å². The van der Waals surface area contributed by atoms with Crippen LogP contribution in [0.1, 0.15) is 0 Å². The molecule has 23 rings (SSSR count). The third-order valence-corrected chi connectivity index (χ3v) is 22.0. The van der Waals surface area contributed by atoms with Crippen molar-refractivity contribution in [2.24, 2.45) is 0 Å². The van der Waals surface area contributed by atoms with Crippen molar-refractivity contribution in [1.82, 2.24) is 27.4 Å². The topological polar surface area (TPSA) is 55.9 Å². The van der Waals surface area contributed by atoms with Crippen LogP contribution in [-0.4, -0.2) is 27.4 Å². The number of aromatic nitrogens is 6. The number of hydrogen-bond donors (Lipinski definition) is 0. The first-order valence-electron chi connectivity index (χ1n) is 35.5. The van der Waals surface area contributed by atoms with E-state index < -0.39 is 0 Å². The van der Waals surface area contributed by atoms with E-state index >= 15 is 0 Å². The molecule has 8 nitrogen and oxygen atoms in total. The Labute approximate surface area is 593 Å². The molecular weight excluding hydrogens is 1270 g/mol. The van der Waals surface area contributed by atoms with Gasteiger partial charge in [-0.05, 0) is 213 Å². The highest BCUT2D eigenvalue weighted by Gasteiger charge is 2.24. The average Bonchev–Trinajstić information content (AvgIpc) is 1.08. The molecule has 0 aliphatic carbocycles. The van der Waals surface area contributed by atoms with Crippen LogP contribution in [0.4, 0.5) is 0 Å². The summed E-state index contributed by atoms with van der Waals surface area (Å²) >= 11 is 0. The van der Waals surface area contributed by atoms with Crippen LogP contribution in [0.25, 0.3) is 209 Å². The third kappa shape index (κ3) is 8.13. The van der Waals surface area contributed by atoms with Gasteiger partial charge in [-0.3, -0.25) is 0 Å². The van der Waals surface area contributed by atoms with Crippen LogP contribution < -0.4 is 0 Å². The highest BCUT2D eigenvalue weighted by atomic mass is 16.3. The molecule has 6 aromatic heterocycles. The lowest BCUT2D eigenvalue weighted by molar-refractivity contribution is 0.653. The van der Waals surface area contributed by atoms with Gasteiger partial charge < -0.3 is 36.2 Å². The first kappa shape index (κ1) is 56.8. The zero-order chi connectivity index (χ0) is 67.8. The van der Waals surface area contributed by atoms with Crippen molar-refractivity contribution in [3.8, 4) is 34.1 Å². The Bertz CT molecular complexity index is 7170. The van der Waals surface area contributed by atoms with E-state index in [0.717, 1.165) is 144 Å². The number of rotatable bonds is 6. The smallest absolute Gasteiger partial charge is 0.152 e. The van der Waals surface area contributed by atoms with Gasteiger partial charge in [0.05, 0.1) is 66.2 Å². The molecule has 0 aliphatic heterocycles. The Hall–Kier alpha value is -14.1. The van der Waals surface area contributed by atoms with Crippen molar-refractivity contribution in [3.05, 3.63) is 352 Å². The minimum atomic E-state index is 0.755. The van der Waals surface area contributed by atoms with Crippen molar-refractivity contribution in [1.29, 1.82) is 0 Å². The van der Waals surface area contributed by atoms with Gasteiger partial charge in [0.2, 0.25) is 0 Å². The fourth-order valence-electron chi connectivity index (χ4n) is 17.6. The van der Waals surface area contributed by atoms with Crippen molar-refractivity contribution in [2.75, 3.05) is 0 Å². The van der Waals surface area contributed by atoms with E-state index in [-0.39, 0.29) is 0 Å². The molecule has 0 unspecified atom stereocenters. The summed E-state index contributed by atoms with van der Waals surface area (Å²) in [6.45, 7) is 0. The lowest BCUT2D eigenvalue weighted by Crippen LogP contribution is -2.01. The van der Waals surface area contributed by atoms with Crippen molar-refractivity contribution >= 4 is 175 Å². The molecule has 104 heavy (non-hydrogen) atoms. The Morgan fingerprint density at radius 3 is 0.712 bits per heavy atom. The molecule has 0 saturated carbocycles. The Morgan fingerprint density at radius 1 is 0.125 bits per heavy atom. The average molecular weight is 1330 g/mol. The van der Waals surface area contributed by atoms with Gasteiger partial charge in [-0.1, -0.05) is 182 Å². The second-order valence-electron chi connectivity index (χ2n) is 27.5. The molecule has 0 fully saturated rings. The summed E-state index contributed by atoms with van der Waals surface area (Å²) in [6, 6.07) is 129. The van der Waals surface area contributed by atoms with Gasteiger partial charge in [-0.2, -0.15) is 0 Å². The van der Waals surface area contributed by atoms with Crippen LogP contribution in [0.2, 0.25) is 0 Å². The standard InChI is InChI=1S/C96H58N6O2/c1-3-23-59(24-4-1)97-89-39-19-21-41-93(89)103-95-57-77-65-47-43-61(101-85-37-17-11-31-71(85)79-53-63(45-49-87(79)101)99-81-33-13-7-27-67(81)68-28-8-14-34-82(68)99)51-73(65)74-52-62(102-86-38-18-12-32-72(86)80-54-64(46-50-88(80)102)100-83-35-15-9-29-69(83)70-30-10-16-36-84(70)100)44-48-66(74)78-58-96-92(56-76(78)75(77)55-91(95)97)98(60-25-5-2-6-26-60)90-40-20-22-42-94(90)104-96/h1-58H. The molecule has 0 saturated heterocycles. The highest BCUT2D eigenvalue weighted by molar-refractivity contribution is 6.29. The van der Waals surface area contributed by atoms with Crippen LogP contribution in [0, 0.1) is 0 Å². The molecular formula is C96H58N6O2. The van der Waals surface area contributed by atoms with Crippen molar-refractivity contribution in [2.45, 2.75) is 0 Å². The molecule has 17 aromatic carbocycles. The second-order valence-corrected chi connectivity index (χ2v) is 27.5. The molecule has 0 aliphatic rings. The molecule has 0 spiro atoms. The quantitative estimate of drug-likeness (QED) is 0.156. The molecule has 0 radical (unpaired) electrons. The zero-order valence-corrected chi connectivity index (χ0v) is 56.0. The number of para-hydroxylation sites is 12. The molecule has 0 N–H and O–H groups in total. The summed E-state index contributed by atoms with van der Waals surface area (Å²) in [5.74, 6) is 0. The first-order valence-corrected chi connectivity index (χ1v) is 35.5. The van der Waals surface area contributed by atoms with E-state index in [1.165, 1.54) is 65.2 Å². The number of fused-ring (bicyclic) bond motifs is 24. The maximum Gasteiger partial charge on any atom is 0.152 e. The normalized spacial score (nSPS) is 12.2. The van der Waals surface area contributed by atoms with Gasteiger partial charge in [0, 0.05) is 77.2 Å². The van der Waals surface area contributed by atoms with Gasteiger partial charge in [0.15, 0.2) is 22.3 Å². The van der Waals surface area contributed by atoms with Gasteiger partial charge in [0.1, 0.15) is 0 Å². The molecule has 0 atom stereocenters. The van der Waals surface area contributed by atoms with Crippen molar-refractivity contribution in [3.63, 3.8) is 0 Å². The van der Waals surface area contributed by atoms with Gasteiger partial charge in [-0.15, -0.1) is 0 Å². The first-order chi connectivity index (χ1) is 51.6. The van der Waals surface area contributed by atoms with Crippen LogP contribution in [0.5, 0.6) is 0 Å². The zero-order valence-electron chi connectivity index (χ0n) is 56.0. The molecule has 23 aromatic rings. The van der Waals surface area contributed by atoms with Crippen LogP contribution in [-0.2, 0) is 0 Å². The summed E-state index contributed by atoms with van der Waals surface area (Å²) in [6.07, 6.45) is 0. The van der Waals surface area contributed by atoms with Gasteiger partial charge >= 0.3 is 0 Å². The minimum Gasteiger partial charge on any atom is -0.453 e. The summed E-state index contributed by atoms with van der Waals surface area (Å²) in [4.78, 5) is 0. The van der Waals surface area contributed by atoms with E-state index in [2.05, 4.69) is 379 Å². The van der Waals surface area contributed by atoms with E-state index in [9.17, 15) is 0 Å². The molecule has 484 valence electrons. The molecule has 6 heterocycles. The molecule has 0 amide bonds. The minimum absolute atomic E-state index is 0.755. The summed E-state index contributed by atoms with van der Waals surface area (Å²) in [5, 5.41) is 18.1. The van der Waals surface area contributed by atoms with Crippen LogP contribution in [0.3, 0.4) is 0 Å². The Morgan fingerprint density at radius 2 is 0.365 bits per heavy atom. The summed E-state index contributed by atoms with van der Waals surface area (Å²) in [7, 11) is 0. The van der Waals surface area contributed by atoms with E-state index in [4.69, 9.17) is 8.83 Å². The SMILES string of the molecule is c1ccc(-n2c3ccccc3oc3cc4c5ccc(-n6c7ccccc7c7cc(-n8c9ccccc9c9ccccc98)ccc76)cc5c5cc(-n6c7ccccc7c7cc(-n8c9ccccc9c9ccccc98)ccc76)ccc5c5cc6oc7ccccc7n(-c7ccccc7)c6cc5c4cc32)cc1. The fourth-order valence-corrected chi connectivity index (χ4v) is 17.6. The lowest BCUT2D eigenvalue weighted by atomic mass is 9.93. The van der Waals surface area contributed by atoms with Crippen LogP contribution >= 0.6 is 0 Å². The number of nitrogens with zero attached hydrogens (tertiary/aromatic N) is 6. The summed E-state index contributed by atoms with van der Waals surface area (Å²) in [5.41, 5.74) is 22.4. The molecule has 8 heteroatoms. The maximum atomic E-state index is 7.25. The van der Waals surface area contributed by atoms with Crippen LogP contribution in [0.15, 0.2) is 361 Å². The predicted octanol–water partition coefficient (Wildman–Crippen LogP) is 25.8. The lowest BCUT2D eigenvalue weighted by Gasteiger charge is -2.19. The Balaban J connectivity index is 0.870. The number of hydrogen-bond acceptors (Lipinski definition) is 2. The highest BCUT2D eigenvalue weighted by Crippen LogP contribution is 2.46. The second kappa shape index (κ2) is 21.7. The van der Waals surface area contributed by atoms with E-state index in [0.29, 0.717) is 0 Å². The maximum absolute atomic E-state index is 7.25. The Kier molecular flexibility index (Phi) is 11.9. The summed E-state index contributed by atoms with van der Waals surface area (Å²) < 4.78 is 29.0. The van der Waals surface area contributed by atoms with E-state index in [1.807, 2.05) is 0 Å². The number of benzene rings is 16. The largest absolute Gasteiger partial charge is 0.453 e. The monoisotopic (exact) mass is 1330 g/mol.